The van der Waals surface area contributed by atoms with Crippen LogP contribution in [0.2, 0.25) is 0 Å². The first kappa shape index (κ1) is 29.3. The number of phenols is 1. The standard InChI is InChI=1S/C24H34N6O7/c1-12(2)19(29-21(33)17(25)8-14-4-6-16(32)7-5-14)23(35)28-18(9-15-10-26-11-27-15)22(34)30-20(13(3)31)24(36)37/h4-7,10-13,17-20,31-32H,8-9,25H2,1-3H3,(H,26,27)(H,28,35)(H,29,33)(H,30,34)(H,36,37). The van der Waals surface area contributed by atoms with Crippen LogP contribution in [0.25, 0.3) is 0 Å². The molecule has 13 nitrogen and oxygen atoms in total. The highest BCUT2D eigenvalue weighted by molar-refractivity contribution is 5.94. The first-order valence-electron chi connectivity index (χ1n) is 11.7. The lowest BCUT2D eigenvalue weighted by atomic mass is 10.0. The minimum Gasteiger partial charge on any atom is -0.508 e. The van der Waals surface area contributed by atoms with E-state index in [0.717, 1.165) is 0 Å². The maximum absolute atomic E-state index is 13.2. The predicted molar refractivity (Wildman–Crippen MR) is 132 cm³/mol. The molecule has 13 heteroatoms. The number of H-pyrrole nitrogens is 1. The Morgan fingerprint density at radius 3 is 2.08 bits per heavy atom. The molecule has 202 valence electrons. The smallest absolute Gasteiger partial charge is 0.328 e. The first-order chi connectivity index (χ1) is 17.4. The van der Waals surface area contributed by atoms with E-state index in [1.165, 1.54) is 31.6 Å². The van der Waals surface area contributed by atoms with Crippen molar-refractivity contribution >= 4 is 23.7 Å². The summed E-state index contributed by atoms with van der Waals surface area (Å²) >= 11 is 0. The van der Waals surface area contributed by atoms with Gasteiger partial charge in [0.15, 0.2) is 6.04 Å². The summed E-state index contributed by atoms with van der Waals surface area (Å²) in [5, 5.41) is 35.8. The zero-order valence-corrected chi connectivity index (χ0v) is 20.8. The maximum Gasteiger partial charge on any atom is 0.328 e. The summed E-state index contributed by atoms with van der Waals surface area (Å²) in [5.74, 6) is -3.85. The average molecular weight is 519 g/mol. The lowest BCUT2D eigenvalue weighted by Gasteiger charge is -2.27. The third-order valence-corrected chi connectivity index (χ3v) is 5.63. The number of aliphatic hydroxyl groups excluding tert-OH is 1. The summed E-state index contributed by atoms with van der Waals surface area (Å²) in [6.07, 6.45) is 1.55. The molecule has 0 saturated carbocycles. The fraction of sp³-hybridized carbons (Fsp3) is 0.458. The van der Waals surface area contributed by atoms with Crippen LogP contribution in [0.5, 0.6) is 5.75 Å². The minimum atomic E-state index is -1.59. The Bertz CT molecular complexity index is 1060. The van der Waals surface area contributed by atoms with Crippen LogP contribution in [0.15, 0.2) is 36.8 Å². The number of aromatic amines is 1. The third-order valence-electron chi connectivity index (χ3n) is 5.63. The Hall–Kier alpha value is -3.97. The number of aliphatic hydroxyl groups is 1. The van der Waals surface area contributed by atoms with Crippen molar-refractivity contribution in [3.63, 3.8) is 0 Å². The first-order valence-corrected chi connectivity index (χ1v) is 11.7. The van der Waals surface area contributed by atoms with Gasteiger partial charge in [-0.3, -0.25) is 14.4 Å². The molecule has 3 amide bonds. The van der Waals surface area contributed by atoms with E-state index in [2.05, 4.69) is 25.9 Å². The normalized spacial score (nSPS) is 15.2. The number of aromatic hydroxyl groups is 1. The number of nitrogens with zero attached hydrogens (tertiary/aromatic N) is 1. The number of carbonyl (C=O) groups excluding carboxylic acids is 3. The summed E-state index contributed by atoms with van der Waals surface area (Å²) < 4.78 is 0. The molecule has 1 heterocycles. The molecule has 9 N–H and O–H groups in total. The number of hydrogen-bond donors (Lipinski definition) is 8. The van der Waals surface area contributed by atoms with Crippen LogP contribution in [0.4, 0.5) is 0 Å². The number of amides is 3. The molecule has 1 aromatic carbocycles. The van der Waals surface area contributed by atoms with Crippen molar-refractivity contribution < 1.29 is 34.5 Å². The quantitative estimate of drug-likeness (QED) is 0.159. The number of rotatable bonds is 13. The van der Waals surface area contributed by atoms with Crippen molar-refractivity contribution in [2.75, 3.05) is 0 Å². The van der Waals surface area contributed by atoms with E-state index in [-0.39, 0.29) is 24.5 Å². The molecular weight excluding hydrogens is 484 g/mol. The Labute approximate surface area is 213 Å². The van der Waals surface area contributed by atoms with Gasteiger partial charge in [0.25, 0.3) is 0 Å². The monoisotopic (exact) mass is 518 g/mol. The highest BCUT2D eigenvalue weighted by atomic mass is 16.4. The molecule has 0 saturated heterocycles. The van der Waals surface area contributed by atoms with Gasteiger partial charge < -0.3 is 42.0 Å². The van der Waals surface area contributed by atoms with Crippen LogP contribution < -0.4 is 21.7 Å². The number of hydrogen-bond acceptors (Lipinski definition) is 8. The van der Waals surface area contributed by atoms with Crippen molar-refractivity contribution in [1.82, 2.24) is 25.9 Å². The predicted octanol–water partition coefficient (Wildman–Crippen LogP) is -1.20. The Morgan fingerprint density at radius 2 is 1.57 bits per heavy atom. The van der Waals surface area contributed by atoms with Gasteiger partial charge in [-0.1, -0.05) is 26.0 Å². The lowest BCUT2D eigenvalue weighted by Crippen LogP contribution is -2.59. The largest absolute Gasteiger partial charge is 0.508 e. The second-order valence-corrected chi connectivity index (χ2v) is 9.11. The van der Waals surface area contributed by atoms with E-state index in [4.69, 9.17) is 5.73 Å². The number of nitrogens with two attached hydrogens (primary N) is 1. The molecule has 0 fully saturated rings. The number of carboxylic acids is 1. The van der Waals surface area contributed by atoms with Gasteiger partial charge in [0.05, 0.1) is 18.5 Å². The van der Waals surface area contributed by atoms with E-state index in [0.29, 0.717) is 11.3 Å². The van der Waals surface area contributed by atoms with Gasteiger partial charge in [-0.15, -0.1) is 0 Å². The van der Waals surface area contributed by atoms with Crippen LogP contribution in [0.3, 0.4) is 0 Å². The number of imidazole rings is 1. The Balaban J connectivity index is 2.14. The number of aliphatic carboxylic acids is 1. The molecule has 0 aliphatic carbocycles. The van der Waals surface area contributed by atoms with Crippen LogP contribution in [-0.2, 0) is 32.0 Å². The van der Waals surface area contributed by atoms with Crippen LogP contribution in [-0.4, -0.2) is 79.2 Å². The number of aromatic nitrogens is 2. The fourth-order valence-corrected chi connectivity index (χ4v) is 3.50. The summed E-state index contributed by atoms with van der Waals surface area (Å²) in [5.41, 5.74) is 7.23. The van der Waals surface area contributed by atoms with Crippen molar-refractivity contribution in [2.24, 2.45) is 11.7 Å². The molecule has 0 bridgehead atoms. The van der Waals surface area contributed by atoms with Crippen LogP contribution >= 0.6 is 0 Å². The highest BCUT2D eigenvalue weighted by Gasteiger charge is 2.33. The van der Waals surface area contributed by atoms with Crippen LogP contribution in [0.1, 0.15) is 32.0 Å². The van der Waals surface area contributed by atoms with E-state index in [1.807, 2.05) is 0 Å². The Kier molecular flexibility index (Phi) is 10.6. The summed E-state index contributed by atoms with van der Waals surface area (Å²) in [6.45, 7) is 4.62. The number of phenolic OH excluding ortho intramolecular Hbond substituents is 1. The van der Waals surface area contributed by atoms with Crippen molar-refractivity contribution in [3.8, 4) is 5.75 Å². The van der Waals surface area contributed by atoms with Gasteiger partial charge in [0.2, 0.25) is 17.7 Å². The van der Waals surface area contributed by atoms with Gasteiger partial charge >= 0.3 is 5.97 Å². The van der Waals surface area contributed by atoms with Gasteiger partial charge in [0, 0.05) is 18.3 Å². The molecule has 37 heavy (non-hydrogen) atoms. The van der Waals surface area contributed by atoms with E-state index in [9.17, 15) is 34.5 Å². The van der Waals surface area contributed by atoms with Gasteiger partial charge in [0.1, 0.15) is 17.8 Å². The lowest BCUT2D eigenvalue weighted by molar-refractivity contribution is -0.145. The molecule has 0 radical (unpaired) electrons. The maximum atomic E-state index is 13.2. The number of carbonyl (C=O) groups is 4. The second kappa shape index (κ2) is 13.4. The number of carboxylic acid groups (broad SMARTS) is 1. The third kappa shape index (κ3) is 8.88. The molecule has 5 atom stereocenters. The number of benzene rings is 1. The zero-order valence-electron chi connectivity index (χ0n) is 20.8. The molecular formula is C24H34N6O7. The highest BCUT2D eigenvalue weighted by Crippen LogP contribution is 2.12. The molecule has 2 rings (SSSR count). The molecule has 0 aliphatic rings. The van der Waals surface area contributed by atoms with Crippen molar-refractivity contribution in [3.05, 3.63) is 48.0 Å². The van der Waals surface area contributed by atoms with E-state index < -0.39 is 54.0 Å². The SMILES string of the molecule is CC(C)C(NC(=O)C(N)Cc1ccc(O)cc1)C(=O)NC(Cc1cnc[nH]1)C(=O)NC(C(=O)O)C(C)O. The zero-order chi connectivity index (χ0) is 27.7. The molecule has 5 unspecified atom stereocenters. The van der Waals surface area contributed by atoms with E-state index in [1.54, 1.807) is 26.0 Å². The second-order valence-electron chi connectivity index (χ2n) is 9.11. The van der Waals surface area contributed by atoms with Crippen molar-refractivity contribution in [2.45, 2.75) is 63.9 Å². The Morgan fingerprint density at radius 1 is 0.946 bits per heavy atom. The summed E-state index contributed by atoms with van der Waals surface area (Å²) in [4.78, 5) is 56.9. The van der Waals surface area contributed by atoms with Gasteiger partial charge in [-0.2, -0.15) is 0 Å². The fourth-order valence-electron chi connectivity index (χ4n) is 3.50. The summed E-state index contributed by atoms with van der Waals surface area (Å²) in [6, 6.07) is 1.34. The van der Waals surface area contributed by atoms with Gasteiger partial charge in [-0.25, -0.2) is 9.78 Å². The van der Waals surface area contributed by atoms with Crippen molar-refractivity contribution in [1.29, 1.82) is 0 Å². The van der Waals surface area contributed by atoms with Gasteiger partial charge in [-0.05, 0) is 37.0 Å². The average Bonchev–Trinajstić information content (AvgIpc) is 3.34. The molecule has 0 spiro atoms. The molecule has 1 aromatic heterocycles. The number of nitrogens with one attached hydrogen (secondary N) is 4. The molecule has 0 aliphatic heterocycles. The topological polar surface area (TPSA) is 220 Å². The molecule has 2 aromatic rings. The van der Waals surface area contributed by atoms with E-state index >= 15 is 0 Å². The minimum absolute atomic E-state index is 0.0527. The summed E-state index contributed by atoms with van der Waals surface area (Å²) in [7, 11) is 0. The van der Waals surface area contributed by atoms with Crippen LogP contribution in [0, 0.1) is 5.92 Å².